The van der Waals surface area contributed by atoms with Crippen molar-refractivity contribution in [3.8, 4) is 0 Å². The van der Waals surface area contributed by atoms with Crippen LogP contribution in [0, 0.1) is 0 Å². The van der Waals surface area contributed by atoms with Crippen LogP contribution >= 0.6 is 11.6 Å². The van der Waals surface area contributed by atoms with Crippen molar-refractivity contribution in [3.05, 3.63) is 41.6 Å². The van der Waals surface area contributed by atoms with Gasteiger partial charge in [-0.15, -0.1) is 0 Å². The second-order valence-electron chi connectivity index (χ2n) is 3.66. The van der Waals surface area contributed by atoms with Crippen LogP contribution < -0.4 is 10.6 Å². The van der Waals surface area contributed by atoms with Gasteiger partial charge in [-0.2, -0.15) is 0 Å². The summed E-state index contributed by atoms with van der Waals surface area (Å²) in [6, 6.07) is 1.60. The predicted molar refractivity (Wildman–Crippen MR) is 73.4 cm³/mol. The molecule has 0 unspecified atom stereocenters. The molecule has 0 spiro atoms. The van der Waals surface area contributed by atoms with Crippen LogP contribution in [-0.4, -0.2) is 27.4 Å². The number of halogens is 1. The van der Waals surface area contributed by atoms with Crippen molar-refractivity contribution in [2.45, 2.75) is 6.92 Å². The Bertz CT molecular complexity index is 576. The van der Waals surface area contributed by atoms with E-state index in [2.05, 4.69) is 25.6 Å². The quantitative estimate of drug-likeness (QED) is 0.896. The fraction of sp³-hybridized carbons (Fsp3) is 0.167. The zero-order valence-corrected chi connectivity index (χ0v) is 11.0. The SMILES string of the molecule is CCNc1cc(C(=O)Nc2cncnc2)c(Cl)cn1. The molecule has 2 rings (SSSR count). The molecule has 0 bridgehead atoms. The Hall–Kier alpha value is -2.21. The highest BCUT2D eigenvalue weighted by atomic mass is 35.5. The van der Waals surface area contributed by atoms with Gasteiger partial charge in [-0.25, -0.2) is 15.0 Å². The number of pyridine rings is 1. The molecule has 0 saturated heterocycles. The Labute approximate surface area is 115 Å². The van der Waals surface area contributed by atoms with Crippen molar-refractivity contribution in [3.63, 3.8) is 0 Å². The summed E-state index contributed by atoms with van der Waals surface area (Å²) in [5, 5.41) is 5.97. The maximum absolute atomic E-state index is 12.1. The van der Waals surface area contributed by atoms with E-state index in [1.165, 1.54) is 24.9 Å². The van der Waals surface area contributed by atoms with Crippen molar-refractivity contribution in [2.24, 2.45) is 0 Å². The van der Waals surface area contributed by atoms with E-state index in [0.29, 0.717) is 23.6 Å². The molecular weight excluding hydrogens is 266 g/mol. The van der Waals surface area contributed by atoms with E-state index in [1.807, 2.05) is 6.92 Å². The number of carbonyl (C=O) groups excluding carboxylic acids is 1. The summed E-state index contributed by atoms with van der Waals surface area (Å²) in [7, 11) is 0. The van der Waals surface area contributed by atoms with Crippen LogP contribution in [0.2, 0.25) is 5.02 Å². The number of hydrogen-bond acceptors (Lipinski definition) is 5. The largest absolute Gasteiger partial charge is 0.370 e. The molecule has 0 aliphatic heterocycles. The van der Waals surface area contributed by atoms with E-state index in [1.54, 1.807) is 6.07 Å². The average molecular weight is 278 g/mol. The minimum Gasteiger partial charge on any atom is -0.370 e. The molecule has 2 N–H and O–H groups in total. The summed E-state index contributed by atoms with van der Waals surface area (Å²) < 4.78 is 0. The Morgan fingerprint density at radius 2 is 2.05 bits per heavy atom. The fourth-order valence-electron chi connectivity index (χ4n) is 1.45. The van der Waals surface area contributed by atoms with Gasteiger partial charge in [-0.1, -0.05) is 11.6 Å². The average Bonchev–Trinajstić information content (AvgIpc) is 2.42. The topological polar surface area (TPSA) is 79.8 Å². The lowest BCUT2D eigenvalue weighted by Gasteiger charge is -2.08. The van der Waals surface area contributed by atoms with Gasteiger partial charge in [0.15, 0.2) is 0 Å². The molecule has 2 aromatic heterocycles. The minimum atomic E-state index is -0.332. The number of rotatable bonds is 4. The Morgan fingerprint density at radius 3 is 2.74 bits per heavy atom. The molecule has 0 aliphatic carbocycles. The number of aromatic nitrogens is 3. The molecule has 2 aromatic rings. The molecule has 0 saturated carbocycles. The van der Waals surface area contributed by atoms with Gasteiger partial charge >= 0.3 is 0 Å². The second-order valence-corrected chi connectivity index (χ2v) is 4.07. The molecular formula is C12H12ClN5O. The Morgan fingerprint density at radius 1 is 1.32 bits per heavy atom. The zero-order valence-electron chi connectivity index (χ0n) is 10.2. The highest BCUT2D eigenvalue weighted by molar-refractivity contribution is 6.34. The second kappa shape index (κ2) is 6.10. The van der Waals surface area contributed by atoms with Crippen LogP contribution in [-0.2, 0) is 0 Å². The lowest BCUT2D eigenvalue weighted by Crippen LogP contribution is -2.14. The Kier molecular flexibility index (Phi) is 4.25. The van der Waals surface area contributed by atoms with E-state index < -0.39 is 0 Å². The molecule has 98 valence electrons. The predicted octanol–water partition coefficient (Wildman–Crippen LogP) is 2.21. The molecule has 0 atom stereocenters. The fourth-order valence-corrected chi connectivity index (χ4v) is 1.64. The van der Waals surface area contributed by atoms with Gasteiger partial charge in [0.1, 0.15) is 12.1 Å². The smallest absolute Gasteiger partial charge is 0.257 e. The van der Waals surface area contributed by atoms with E-state index >= 15 is 0 Å². The molecule has 0 aromatic carbocycles. The van der Waals surface area contributed by atoms with Crippen molar-refractivity contribution < 1.29 is 4.79 Å². The molecule has 0 fully saturated rings. The van der Waals surface area contributed by atoms with Crippen LogP contribution in [0.3, 0.4) is 0 Å². The summed E-state index contributed by atoms with van der Waals surface area (Å²) in [5.41, 5.74) is 0.849. The highest BCUT2D eigenvalue weighted by Crippen LogP contribution is 2.19. The van der Waals surface area contributed by atoms with Crippen LogP contribution in [0.1, 0.15) is 17.3 Å². The summed E-state index contributed by atoms with van der Waals surface area (Å²) in [4.78, 5) is 23.8. The first-order valence-electron chi connectivity index (χ1n) is 5.66. The van der Waals surface area contributed by atoms with E-state index in [4.69, 9.17) is 11.6 Å². The van der Waals surface area contributed by atoms with Gasteiger partial charge in [0.05, 0.1) is 28.7 Å². The highest BCUT2D eigenvalue weighted by Gasteiger charge is 2.12. The number of nitrogens with one attached hydrogen (secondary N) is 2. The van der Waals surface area contributed by atoms with Gasteiger partial charge in [0, 0.05) is 12.7 Å². The van der Waals surface area contributed by atoms with Crippen molar-refractivity contribution in [2.75, 3.05) is 17.2 Å². The maximum atomic E-state index is 12.1. The Balaban J connectivity index is 2.21. The molecule has 7 heteroatoms. The minimum absolute atomic E-state index is 0.288. The zero-order chi connectivity index (χ0) is 13.7. The summed E-state index contributed by atoms with van der Waals surface area (Å²) in [6.07, 6.45) is 5.84. The number of anilines is 2. The first kappa shape index (κ1) is 13.2. The van der Waals surface area contributed by atoms with Gasteiger partial charge in [0.25, 0.3) is 5.91 Å². The van der Waals surface area contributed by atoms with E-state index in [0.717, 1.165) is 0 Å². The summed E-state index contributed by atoms with van der Waals surface area (Å²) in [5.74, 6) is 0.266. The number of nitrogens with zero attached hydrogens (tertiary/aromatic N) is 3. The third-order valence-electron chi connectivity index (χ3n) is 2.28. The van der Waals surface area contributed by atoms with Crippen LogP contribution in [0.15, 0.2) is 31.0 Å². The monoisotopic (exact) mass is 277 g/mol. The first-order chi connectivity index (χ1) is 9.20. The molecule has 0 aliphatic rings. The van der Waals surface area contributed by atoms with Gasteiger partial charge < -0.3 is 10.6 Å². The lowest BCUT2D eigenvalue weighted by molar-refractivity contribution is 0.102. The van der Waals surface area contributed by atoms with Crippen LogP contribution in [0.5, 0.6) is 0 Å². The third kappa shape index (κ3) is 3.38. The normalized spacial score (nSPS) is 10.0. The van der Waals surface area contributed by atoms with Gasteiger partial charge in [0.2, 0.25) is 0 Å². The molecule has 19 heavy (non-hydrogen) atoms. The van der Waals surface area contributed by atoms with Gasteiger partial charge in [-0.3, -0.25) is 4.79 Å². The van der Waals surface area contributed by atoms with Gasteiger partial charge in [-0.05, 0) is 13.0 Å². The van der Waals surface area contributed by atoms with Crippen LogP contribution in [0.4, 0.5) is 11.5 Å². The molecule has 0 radical (unpaired) electrons. The first-order valence-corrected chi connectivity index (χ1v) is 6.04. The summed E-state index contributed by atoms with van der Waals surface area (Å²) in [6.45, 7) is 2.65. The number of carbonyl (C=O) groups is 1. The number of hydrogen-bond donors (Lipinski definition) is 2. The van der Waals surface area contributed by atoms with Crippen molar-refractivity contribution in [1.82, 2.24) is 15.0 Å². The lowest BCUT2D eigenvalue weighted by atomic mass is 10.2. The maximum Gasteiger partial charge on any atom is 0.257 e. The third-order valence-corrected chi connectivity index (χ3v) is 2.58. The van der Waals surface area contributed by atoms with Crippen molar-refractivity contribution >= 4 is 29.0 Å². The number of amides is 1. The standard InChI is InChI=1S/C12H12ClN5O/c1-2-16-11-3-9(10(13)6-17-11)12(19)18-8-4-14-7-15-5-8/h3-7H,2H2,1H3,(H,16,17)(H,18,19). The van der Waals surface area contributed by atoms with Crippen molar-refractivity contribution in [1.29, 1.82) is 0 Å². The van der Waals surface area contributed by atoms with Crippen LogP contribution in [0.25, 0.3) is 0 Å². The summed E-state index contributed by atoms with van der Waals surface area (Å²) >= 11 is 5.98. The molecule has 2 heterocycles. The molecule has 6 nitrogen and oxygen atoms in total. The molecule has 1 amide bonds. The van der Waals surface area contributed by atoms with E-state index in [9.17, 15) is 4.79 Å². The van der Waals surface area contributed by atoms with E-state index in [-0.39, 0.29) is 10.9 Å².